The van der Waals surface area contributed by atoms with Crippen molar-refractivity contribution < 1.29 is 10.2 Å². The highest BCUT2D eigenvalue weighted by atomic mass is 32.1. The zero-order valence-corrected chi connectivity index (χ0v) is 17.8. The van der Waals surface area contributed by atoms with Crippen molar-refractivity contribution in [3.05, 3.63) is 84.4 Å². The Labute approximate surface area is 184 Å². The Morgan fingerprint density at radius 1 is 0.645 bits per heavy atom. The molecule has 0 spiro atoms. The Morgan fingerprint density at radius 3 is 1.58 bits per heavy atom. The molecule has 2 aromatic carbocycles. The lowest BCUT2D eigenvalue weighted by molar-refractivity contribution is 0.486. The molecule has 0 aliphatic rings. The summed E-state index contributed by atoms with van der Waals surface area (Å²) >= 11 is 2.69. The Kier molecular flexibility index (Phi) is 4.09. The van der Waals surface area contributed by atoms with Gasteiger partial charge in [-0.1, -0.05) is 59.1 Å². The maximum absolute atomic E-state index is 10.4. The summed E-state index contributed by atoms with van der Waals surface area (Å²) in [5.41, 5.74) is 3.10. The van der Waals surface area contributed by atoms with Crippen LogP contribution in [0.4, 0.5) is 0 Å². The second-order valence-corrected chi connectivity index (χ2v) is 9.25. The molecule has 0 saturated heterocycles. The number of fused-ring (bicyclic) bond motifs is 2. The van der Waals surface area contributed by atoms with E-state index in [2.05, 4.69) is 10.2 Å². The first kappa shape index (κ1) is 18.2. The van der Waals surface area contributed by atoms with Crippen molar-refractivity contribution in [1.29, 1.82) is 0 Å². The van der Waals surface area contributed by atoms with E-state index in [0.29, 0.717) is 17.8 Å². The number of thiophene rings is 2. The summed E-state index contributed by atoms with van der Waals surface area (Å²) in [5.74, 6) is 0. The lowest BCUT2D eigenvalue weighted by atomic mass is 10.2. The van der Waals surface area contributed by atoms with Gasteiger partial charge in [0.25, 0.3) is 0 Å². The third-order valence-electron chi connectivity index (χ3n) is 5.21. The van der Waals surface area contributed by atoms with Crippen molar-refractivity contribution in [1.82, 2.24) is 19.6 Å². The number of hydrogen-bond acceptors (Lipinski definition) is 6. The minimum atomic E-state index is 0.250. The predicted octanol–water partition coefficient (Wildman–Crippen LogP) is 5.49. The lowest BCUT2D eigenvalue weighted by Gasteiger charge is -2.01. The maximum atomic E-state index is 10.4. The summed E-state index contributed by atoms with van der Waals surface area (Å²) in [7, 11) is 0. The van der Waals surface area contributed by atoms with Gasteiger partial charge in [0.05, 0.1) is 11.4 Å². The SMILES string of the molecule is Oc1sc2ccccc2c1-n1ccc(Cc2ccn(-c3c(O)sc4ccccc34)n2)n1. The smallest absolute Gasteiger partial charge is 0.198 e. The number of nitrogens with zero attached hydrogens (tertiary/aromatic N) is 4. The molecule has 0 aliphatic carbocycles. The maximum Gasteiger partial charge on any atom is 0.198 e. The molecule has 0 atom stereocenters. The second-order valence-electron chi connectivity index (χ2n) is 7.18. The van der Waals surface area contributed by atoms with Gasteiger partial charge in [-0.2, -0.15) is 10.2 Å². The minimum Gasteiger partial charge on any atom is -0.498 e. The molecule has 4 heterocycles. The molecule has 8 heteroatoms. The van der Waals surface area contributed by atoms with Crippen LogP contribution in [-0.2, 0) is 6.42 Å². The van der Waals surface area contributed by atoms with Gasteiger partial charge in [-0.3, -0.25) is 0 Å². The van der Waals surface area contributed by atoms with Crippen LogP contribution >= 0.6 is 22.7 Å². The summed E-state index contributed by atoms with van der Waals surface area (Å²) in [6, 6.07) is 19.7. The average Bonchev–Trinajstić information content (AvgIpc) is 3.52. The van der Waals surface area contributed by atoms with Crippen LogP contribution in [0.25, 0.3) is 31.5 Å². The molecular weight excluding hydrogens is 428 g/mol. The summed E-state index contributed by atoms with van der Waals surface area (Å²) in [4.78, 5) is 0. The number of aromatic nitrogens is 4. The Balaban J connectivity index is 1.32. The largest absolute Gasteiger partial charge is 0.498 e. The van der Waals surface area contributed by atoms with Crippen molar-refractivity contribution in [3.8, 4) is 21.5 Å². The fraction of sp³-hybridized carbons (Fsp3) is 0.0435. The van der Waals surface area contributed by atoms with Crippen LogP contribution in [0.3, 0.4) is 0 Å². The van der Waals surface area contributed by atoms with E-state index in [1.165, 1.54) is 22.7 Å². The van der Waals surface area contributed by atoms with Gasteiger partial charge in [-0.25, -0.2) is 9.36 Å². The predicted molar refractivity (Wildman–Crippen MR) is 124 cm³/mol. The van der Waals surface area contributed by atoms with E-state index in [-0.39, 0.29) is 10.1 Å². The molecule has 6 aromatic rings. The first-order chi connectivity index (χ1) is 15.2. The van der Waals surface area contributed by atoms with Gasteiger partial charge in [-0.15, -0.1) is 0 Å². The molecule has 0 unspecified atom stereocenters. The van der Waals surface area contributed by atoms with E-state index in [1.54, 1.807) is 9.36 Å². The number of benzene rings is 2. The van der Waals surface area contributed by atoms with Crippen molar-refractivity contribution in [3.63, 3.8) is 0 Å². The number of aromatic hydroxyl groups is 2. The quantitative estimate of drug-likeness (QED) is 0.377. The van der Waals surface area contributed by atoms with Gasteiger partial charge in [0.1, 0.15) is 11.4 Å². The lowest BCUT2D eigenvalue weighted by Crippen LogP contribution is -1.98. The van der Waals surface area contributed by atoms with E-state index in [4.69, 9.17) is 0 Å². The second kappa shape index (κ2) is 6.97. The van der Waals surface area contributed by atoms with Crippen LogP contribution in [0.15, 0.2) is 73.1 Å². The summed E-state index contributed by atoms with van der Waals surface area (Å²) in [6.07, 6.45) is 4.27. The molecule has 0 bridgehead atoms. The van der Waals surface area contributed by atoms with Crippen molar-refractivity contribution in [2.75, 3.05) is 0 Å². The van der Waals surface area contributed by atoms with Gasteiger partial charge >= 0.3 is 0 Å². The minimum absolute atomic E-state index is 0.250. The Morgan fingerprint density at radius 2 is 1.10 bits per heavy atom. The van der Waals surface area contributed by atoms with Crippen LogP contribution in [0.2, 0.25) is 0 Å². The molecule has 0 saturated carbocycles. The first-order valence-corrected chi connectivity index (χ1v) is 11.3. The molecule has 0 fully saturated rings. The van der Waals surface area contributed by atoms with E-state index in [1.807, 2.05) is 73.1 Å². The highest BCUT2D eigenvalue weighted by Gasteiger charge is 2.16. The monoisotopic (exact) mass is 444 g/mol. The summed E-state index contributed by atoms with van der Waals surface area (Å²) in [5, 5.41) is 32.6. The fourth-order valence-corrected chi connectivity index (χ4v) is 5.69. The van der Waals surface area contributed by atoms with Crippen LogP contribution in [0, 0.1) is 0 Å². The topological polar surface area (TPSA) is 76.1 Å². The van der Waals surface area contributed by atoms with Crippen LogP contribution in [-0.4, -0.2) is 29.8 Å². The van der Waals surface area contributed by atoms with E-state index in [9.17, 15) is 10.2 Å². The zero-order chi connectivity index (χ0) is 20.9. The van der Waals surface area contributed by atoms with Gasteiger partial charge in [0.2, 0.25) is 0 Å². The van der Waals surface area contributed by atoms with Crippen molar-refractivity contribution >= 4 is 42.8 Å². The van der Waals surface area contributed by atoms with Crippen LogP contribution < -0.4 is 0 Å². The average molecular weight is 445 g/mol. The molecule has 6 nitrogen and oxygen atoms in total. The molecule has 4 aromatic heterocycles. The molecular formula is C23H16N4O2S2. The van der Waals surface area contributed by atoms with E-state index < -0.39 is 0 Å². The van der Waals surface area contributed by atoms with Gasteiger partial charge in [0, 0.05) is 39.0 Å². The summed E-state index contributed by atoms with van der Waals surface area (Å²) in [6.45, 7) is 0. The normalized spacial score (nSPS) is 11.6. The third kappa shape index (κ3) is 2.99. The van der Waals surface area contributed by atoms with E-state index in [0.717, 1.165) is 31.6 Å². The van der Waals surface area contributed by atoms with Crippen molar-refractivity contribution in [2.45, 2.75) is 6.42 Å². The molecule has 2 N–H and O–H groups in total. The molecule has 6 rings (SSSR count). The van der Waals surface area contributed by atoms with Crippen LogP contribution in [0.1, 0.15) is 11.4 Å². The first-order valence-electron chi connectivity index (χ1n) is 9.68. The fourth-order valence-electron chi connectivity index (χ4n) is 3.83. The Hall–Kier alpha value is -3.62. The van der Waals surface area contributed by atoms with Crippen molar-refractivity contribution in [2.24, 2.45) is 0 Å². The zero-order valence-electron chi connectivity index (χ0n) is 16.1. The third-order valence-corrected chi connectivity index (χ3v) is 7.14. The molecule has 152 valence electrons. The standard InChI is InChI=1S/C23H16N4O2S2/c28-22-20(16-5-1-3-7-18(16)30-22)26-11-9-14(24-26)13-15-10-12-27(25-15)21-17-6-2-4-8-19(17)31-23(21)29/h1-12,28-29H,13H2. The van der Waals surface area contributed by atoms with Gasteiger partial charge < -0.3 is 10.2 Å². The number of hydrogen-bond donors (Lipinski definition) is 2. The molecule has 0 aliphatic heterocycles. The molecule has 0 amide bonds. The summed E-state index contributed by atoms with van der Waals surface area (Å²) < 4.78 is 5.49. The number of rotatable bonds is 4. The Bertz CT molecular complexity index is 1440. The molecule has 0 radical (unpaired) electrons. The highest BCUT2D eigenvalue weighted by Crippen LogP contribution is 2.40. The molecule has 31 heavy (non-hydrogen) atoms. The van der Waals surface area contributed by atoms with Gasteiger partial charge in [-0.05, 0) is 24.3 Å². The van der Waals surface area contributed by atoms with Gasteiger partial charge in [0.15, 0.2) is 10.1 Å². The van der Waals surface area contributed by atoms with Crippen LogP contribution in [0.5, 0.6) is 10.1 Å². The van der Waals surface area contributed by atoms with E-state index >= 15 is 0 Å². The highest BCUT2D eigenvalue weighted by molar-refractivity contribution is 7.21.